The zero-order valence-corrected chi connectivity index (χ0v) is 14.4. The van der Waals surface area contributed by atoms with Gasteiger partial charge >= 0.3 is 0 Å². The molecule has 4 nitrogen and oxygen atoms in total. The van der Waals surface area contributed by atoms with Gasteiger partial charge in [-0.15, -0.1) is 0 Å². The summed E-state index contributed by atoms with van der Waals surface area (Å²) in [6, 6.07) is 21.1. The number of hydrogen-bond donors (Lipinski definition) is 0. The van der Waals surface area contributed by atoms with E-state index in [2.05, 4.69) is 4.98 Å². The average Bonchev–Trinajstić information content (AvgIpc) is 3.13. The number of Topliss-reactive ketones (excluding diaryl/α,β-unsaturated/α-hetero) is 1. The minimum atomic E-state index is 0.0909. The van der Waals surface area contributed by atoms with E-state index in [9.17, 15) is 4.79 Å². The SMILES string of the molecule is COc1ccc(C(=O)Cc2ccc(-c3cn4ccccc4n3)cc2)cc1. The van der Waals surface area contributed by atoms with Gasteiger partial charge in [0, 0.05) is 29.9 Å². The Kier molecular flexibility index (Phi) is 4.23. The quantitative estimate of drug-likeness (QED) is 0.504. The molecule has 4 heteroatoms. The van der Waals surface area contributed by atoms with Crippen LogP contribution in [0.2, 0.25) is 0 Å². The Balaban J connectivity index is 1.50. The molecule has 26 heavy (non-hydrogen) atoms. The van der Waals surface area contributed by atoms with Crippen molar-refractivity contribution in [1.82, 2.24) is 9.38 Å². The van der Waals surface area contributed by atoms with Crippen molar-refractivity contribution >= 4 is 11.4 Å². The van der Waals surface area contributed by atoms with E-state index in [1.807, 2.05) is 59.3 Å². The van der Waals surface area contributed by atoms with Crippen LogP contribution in [-0.4, -0.2) is 22.3 Å². The highest BCUT2D eigenvalue weighted by molar-refractivity contribution is 5.97. The molecule has 0 bridgehead atoms. The molecule has 2 heterocycles. The number of pyridine rings is 1. The molecule has 0 saturated carbocycles. The number of hydrogen-bond acceptors (Lipinski definition) is 3. The first-order valence-corrected chi connectivity index (χ1v) is 8.43. The second kappa shape index (κ2) is 6.84. The van der Waals surface area contributed by atoms with Crippen molar-refractivity contribution in [2.24, 2.45) is 0 Å². The van der Waals surface area contributed by atoms with E-state index in [1.54, 1.807) is 31.4 Å². The number of methoxy groups -OCH3 is 1. The van der Waals surface area contributed by atoms with Crippen LogP contribution in [0.4, 0.5) is 0 Å². The smallest absolute Gasteiger partial charge is 0.167 e. The topological polar surface area (TPSA) is 43.6 Å². The fraction of sp³-hybridized carbons (Fsp3) is 0.0909. The number of carbonyl (C=O) groups excluding carboxylic acids is 1. The van der Waals surface area contributed by atoms with Crippen molar-refractivity contribution in [3.63, 3.8) is 0 Å². The van der Waals surface area contributed by atoms with Gasteiger partial charge in [0.05, 0.1) is 12.8 Å². The van der Waals surface area contributed by atoms with Crippen molar-refractivity contribution in [3.8, 4) is 17.0 Å². The van der Waals surface area contributed by atoms with Crippen molar-refractivity contribution in [3.05, 3.63) is 90.3 Å². The highest BCUT2D eigenvalue weighted by atomic mass is 16.5. The molecule has 0 N–H and O–H groups in total. The Morgan fingerprint density at radius 1 is 1.00 bits per heavy atom. The Morgan fingerprint density at radius 3 is 2.46 bits per heavy atom. The molecule has 2 aromatic heterocycles. The number of rotatable bonds is 5. The van der Waals surface area contributed by atoms with Gasteiger partial charge in [-0.05, 0) is 42.0 Å². The van der Waals surface area contributed by atoms with Gasteiger partial charge in [0.25, 0.3) is 0 Å². The fourth-order valence-electron chi connectivity index (χ4n) is 2.93. The second-order valence-corrected chi connectivity index (χ2v) is 6.12. The lowest BCUT2D eigenvalue weighted by atomic mass is 10.0. The predicted octanol–water partition coefficient (Wildman–Crippen LogP) is 4.44. The number of nitrogens with zero attached hydrogens (tertiary/aromatic N) is 2. The van der Waals surface area contributed by atoms with Crippen LogP contribution in [-0.2, 0) is 6.42 Å². The lowest BCUT2D eigenvalue weighted by Crippen LogP contribution is -2.03. The van der Waals surface area contributed by atoms with Gasteiger partial charge in [0.2, 0.25) is 0 Å². The van der Waals surface area contributed by atoms with Crippen molar-refractivity contribution in [2.75, 3.05) is 7.11 Å². The molecule has 4 rings (SSSR count). The minimum absolute atomic E-state index is 0.0909. The molecular formula is C22H18N2O2. The third-order valence-electron chi connectivity index (χ3n) is 4.39. The third kappa shape index (κ3) is 3.22. The summed E-state index contributed by atoms with van der Waals surface area (Å²) < 4.78 is 7.12. The summed E-state index contributed by atoms with van der Waals surface area (Å²) in [5.41, 5.74) is 4.55. The second-order valence-electron chi connectivity index (χ2n) is 6.12. The summed E-state index contributed by atoms with van der Waals surface area (Å²) in [4.78, 5) is 17.1. The molecular weight excluding hydrogens is 324 g/mol. The molecule has 0 fully saturated rings. The van der Waals surface area contributed by atoms with Gasteiger partial charge in [0.15, 0.2) is 5.78 Å². The molecule has 128 valence electrons. The maximum absolute atomic E-state index is 12.4. The Labute approximate surface area is 151 Å². The molecule has 0 unspecified atom stereocenters. The number of benzene rings is 2. The number of carbonyl (C=O) groups is 1. The van der Waals surface area contributed by atoms with Gasteiger partial charge in [-0.2, -0.15) is 0 Å². The van der Waals surface area contributed by atoms with Crippen LogP contribution in [0.1, 0.15) is 15.9 Å². The van der Waals surface area contributed by atoms with Crippen molar-refractivity contribution in [2.45, 2.75) is 6.42 Å². The average molecular weight is 342 g/mol. The van der Waals surface area contributed by atoms with E-state index >= 15 is 0 Å². The largest absolute Gasteiger partial charge is 0.497 e. The monoisotopic (exact) mass is 342 g/mol. The summed E-state index contributed by atoms with van der Waals surface area (Å²) in [5.74, 6) is 0.839. The van der Waals surface area contributed by atoms with Crippen LogP contribution < -0.4 is 4.74 Å². The Morgan fingerprint density at radius 2 is 1.77 bits per heavy atom. The van der Waals surface area contributed by atoms with Crippen LogP contribution >= 0.6 is 0 Å². The van der Waals surface area contributed by atoms with Gasteiger partial charge in [0.1, 0.15) is 11.4 Å². The lowest BCUT2D eigenvalue weighted by molar-refractivity contribution is 0.0993. The zero-order chi connectivity index (χ0) is 17.9. The van der Waals surface area contributed by atoms with Gasteiger partial charge in [-0.3, -0.25) is 4.79 Å². The molecule has 0 aliphatic carbocycles. The normalized spacial score (nSPS) is 10.8. The van der Waals surface area contributed by atoms with Gasteiger partial charge in [-0.25, -0.2) is 4.98 Å². The highest BCUT2D eigenvalue weighted by Gasteiger charge is 2.09. The summed E-state index contributed by atoms with van der Waals surface area (Å²) in [6.45, 7) is 0. The fourth-order valence-corrected chi connectivity index (χ4v) is 2.93. The maximum atomic E-state index is 12.4. The third-order valence-corrected chi connectivity index (χ3v) is 4.39. The molecule has 0 amide bonds. The minimum Gasteiger partial charge on any atom is -0.497 e. The number of ether oxygens (including phenoxy) is 1. The Bertz CT molecular complexity index is 1010. The highest BCUT2D eigenvalue weighted by Crippen LogP contribution is 2.20. The van der Waals surface area contributed by atoms with Crippen LogP contribution in [0.25, 0.3) is 16.9 Å². The van der Waals surface area contributed by atoms with E-state index in [1.165, 1.54) is 0 Å². The van der Waals surface area contributed by atoms with Crippen LogP contribution in [0.5, 0.6) is 5.75 Å². The first kappa shape index (κ1) is 16.1. The molecule has 0 aliphatic heterocycles. The molecule has 0 atom stereocenters. The van der Waals surface area contributed by atoms with Gasteiger partial charge < -0.3 is 9.14 Å². The van der Waals surface area contributed by atoms with E-state index in [0.717, 1.165) is 28.2 Å². The molecule has 2 aromatic carbocycles. The number of aromatic nitrogens is 2. The van der Waals surface area contributed by atoms with Crippen molar-refractivity contribution < 1.29 is 9.53 Å². The zero-order valence-electron chi connectivity index (χ0n) is 14.4. The molecule has 0 spiro atoms. The maximum Gasteiger partial charge on any atom is 0.167 e. The van der Waals surface area contributed by atoms with E-state index in [4.69, 9.17) is 4.74 Å². The molecule has 0 aliphatic rings. The number of fused-ring (bicyclic) bond motifs is 1. The summed E-state index contributed by atoms with van der Waals surface area (Å²) in [6.07, 6.45) is 4.36. The van der Waals surface area contributed by atoms with Crippen molar-refractivity contribution in [1.29, 1.82) is 0 Å². The van der Waals surface area contributed by atoms with Crippen LogP contribution in [0, 0.1) is 0 Å². The van der Waals surface area contributed by atoms with E-state index in [0.29, 0.717) is 12.0 Å². The number of ketones is 1. The molecule has 0 saturated heterocycles. The molecule has 4 aromatic rings. The summed E-state index contributed by atoms with van der Waals surface area (Å²) >= 11 is 0. The first-order valence-electron chi connectivity index (χ1n) is 8.43. The van der Waals surface area contributed by atoms with Gasteiger partial charge in [-0.1, -0.05) is 30.3 Å². The van der Waals surface area contributed by atoms with E-state index < -0.39 is 0 Å². The van der Waals surface area contributed by atoms with Crippen LogP contribution in [0.3, 0.4) is 0 Å². The number of imidazole rings is 1. The first-order chi connectivity index (χ1) is 12.7. The Hall–Kier alpha value is -3.40. The summed E-state index contributed by atoms with van der Waals surface area (Å²) in [5, 5.41) is 0. The molecule has 0 radical (unpaired) electrons. The van der Waals surface area contributed by atoms with Crippen LogP contribution in [0.15, 0.2) is 79.1 Å². The summed E-state index contributed by atoms with van der Waals surface area (Å²) in [7, 11) is 1.61. The predicted molar refractivity (Wildman–Crippen MR) is 102 cm³/mol. The lowest BCUT2D eigenvalue weighted by Gasteiger charge is -2.04. The van der Waals surface area contributed by atoms with E-state index in [-0.39, 0.29) is 5.78 Å². The standard InChI is InChI=1S/C22H18N2O2/c1-26-19-11-9-18(10-12-19)21(25)14-16-5-7-17(8-6-16)20-15-24-13-3-2-4-22(24)23-20/h2-13,15H,14H2,1H3.